The largest absolute Gasteiger partial charge is 0.341 e. The minimum absolute atomic E-state index is 0.342. The van der Waals surface area contributed by atoms with Crippen LogP contribution < -0.4 is 20.9 Å². The van der Waals surface area contributed by atoms with Crippen molar-refractivity contribution in [2.45, 2.75) is 25.7 Å². The molecule has 0 spiro atoms. The Morgan fingerprint density at radius 2 is 2.03 bits per heavy atom. The first-order chi connectivity index (χ1) is 14.2. The van der Waals surface area contributed by atoms with Gasteiger partial charge in [-0.15, -0.1) is 0 Å². The molecule has 3 aliphatic rings. The van der Waals surface area contributed by atoms with Gasteiger partial charge in [-0.25, -0.2) is 9.97 Å². The van der Waals surface area contributed by atoms with E-state index in [-0.39, 0.29) is 11.1 Å². The number of rotatable bonds is 6. The molecule has 3 fully saturated rings. The summed E-state index contributed by atoms with van der Waals surface area (Å²) in [4.78, 5) is 34.6. The summed E-state index contributed by atoms with van der Waals surface area (Å²) in [6.45, 7) is 6.37. The van der Waals surface area contributed by atoms with Crippen molar-refractivity contribution in [3.8, 4) is 0 Å². The Kier molecular flexibility index (Phi) is 6.78. The lowest BCUT2D eigenvalue weighted by atomic mass is 9.96. The maximum absolute atomic E-state index is 11.7. The highest BCUT2D eigenvalue weighted by molar-refractivity contribution is 8.18. The van der Waals surface area contributed by atoms with E-state index in [0.717, 1.165) is 63.2 Å². The van der Waals surface area contributed by atoms with E-state index in [9.17, 15) is 9.59 Å². The molecule has 0 aliphatic carbocycles. The Hall–Kier alpha value is -1.97. The highest BCUT2D eigenvalue weighted by atomic mass is 32.2. The van der Waals surface area contributed by atoms with Crippen molar-refractivity contribution in [2.24, 2.45) is 11.8 Å². The van der Waals surface area contributed by atoms with Gasteiger partial charge in [-0.2, -0.15) is 0 Å². The average molecular weight is 417 g/mol. The van der Waals surface area contributed by atoms with Crippen LogP contribution in [-0.2, 0) is 4.79 Å². The van der Waals surface area contributed by atoms with Crippen molar-refractivity contribution < 1.29 is 9.59 Å². The highest BCUT2D eigenvalue weighted by Crippen LogP contribution is 2.26. The third-order valence-corrected chi connectivity index (χ3v) is 6.56. The molecule has 3 saturated heterocycles. The van der Waals surface area contributed by atoms with Crippen molar-refractivity contribution in [2.75, 3.05) is 44.2 Å². The molecular formula is C20H28N6O2S. The van der Waals surface area contributed by atoms with E-state index >= 15 is 0 Å². The molecule has 0 aromatic carbocycles. The Balaban J connectivity index is 1.26. The molecule has 9 heteroatoms. The molecule has 4 heterocycles. The molecule has 0 bridgehead atoms. The van der Waals surface area contributed by atoms with E-state index in [1.54, 1.807) is 18.3 Å². The van der Waals surface area contributed by atoms with Gasteiger partial charge in [-0.1, -0.05) is 0 Å². The van der Waals surface area contributed by atoms with Crippen LogP contribution in [-0.4, -0.2) is 60.4 Å². The molecule has 1 unspecified atom stereocenters. The number of thioether (sulfide) groups is 1. The zero-order chi connectivity index (χ0) is 20.1. The molecule has 156 valence electrons. The quantitative estimate of drug-likeness (QED) is 0.602. The van der Waals surface area contributed by atoms with Gasteiger partial charge in [-0.05, 0) is 87.6 Å². The lowest BCUT2D eigenvalue weighted by Gasteiger charge is -2.32. The average Bonchev–Trinajstić information content (AvgIpc) is 3.06. The number of hydrogen-bond acceptors (Lipinski definition) is 8. The van der Waals surface area contributed by atoms with Crippen LogP contribution in [0.4, 0.5) is 10.7 Å². The molecule has 2 amide bonds. The van der Waals surface area contributed by atoms with E-state index in [4.69, 9.17) is 0 Å². The molecule has 0 saturated carbocycles. The molecule has 29 heavy (non-hydrogen) atoms. The summed E-state index contributed by atoms with van der Waals surface area (Å²) in [7, 11) is 0. The number of piperidine rings is 2. The Morgan fingerprint density at radius 1 is 1.21 bits per heavy atom. The highest BCUT2D eigenvalue weighted by Gasteiger charge is 2.26. The molecule has 3 aliphatic heterocycles. The van der Waals surface area contributed by atoms with Crippen molar-refractivity contribution in [1.82, 2.24) is 25.9 Å². The van der Waals surface area contributed by atoms with Gasteiger partial charge in [-0.3, -0.25) is 14.9 Å². The van der Waals surface area contributed by atoms with E-state index in [2.05, 4.69) is 30.8 Å². The van der Waals surface area contributed by atoms with E-state index < -0.39 is 0 Å². The summed E-state index contributed by atoms with van der Waals surface area (Å²) in [5, 5.41) is 9.06. The molecule has 1 aromatic rings. The van der Waals surface area contributed by atoms with Crippen LogP contribution in [0.2, 0.25) is 0 Å². The fourth-order valence-electron chi connectivity index (χ4n) is 4.08. The predicted octanol–water partition coefficient (Wildman–Crippen LogP) is 1.61. The van der Waals surface area contributed by atoms with Gasteiger partial charge in [0.15, 0.2) is 0 Å². The summed E-state index contributed by atoms with van der Waals surface area (Å²) < 4.78 is 0. The SMILES string of the molecule is O=C1NC(=O)/C(=C/c2ccnc(N3CCC(CNCC4CCCNC4)CC3)n2)S1. The number of carbonyl (C=O) groups excluding carboxylic acids is 2. The molecule has 8 nitrogen and oxygen atoms in total. The standard InChI is InChI=1S/C20H28N6O2S/c27-18-17(29-20(28)25-18)10-16-3-7-23-19(24-16)26-8-4-14(5-9-26)11-22-13-15-2-1-6-21-12-15/h3,7,10,14-15,21-22H,1-2,4-6,8-9,11-13H2,(H,25,27,28)/b17-10-. The second-order valence-corrected chi connectivity index (χ2v) is 8.95. The van der Waals surface area contributed by atoms with Crippen LogP contribution in [0.25, 0.3) is 6.08 Å². The number of imide groups is 1. The Bertz CT molecular complexity index is 772. The lowest BCUT2D eigenvalue weighted by molar-refractivity contribution is -0.115. The first kappa shape index (κ1) is 20.3. The summed E-state index contributed by atoms with van der Waals surface area (Å²) in [6.07, 6.45) is 8.22. The van der Waals surface area contributed by atoms with Crippen molar-refractivity contribution in [3.63, 3.8) is 0 Å². The van der Waals surface area contributed by atoms with Crippen LogP contribution in [0.5, 0.6) is 0 Å². The normalized spacial score (nSPS) is 24.9. The molecule has 1 atom stereocenters. The van der Waals surface area contributed by atoms with Crippen LogP contribution >= 0.6 is 11.8 Å². The van der Waals surface area contributed by atoms with Gasteiger partial charge >= 0.3 is 0 Å². The summed E-state index contributed by atoms with van der Waals surface area (Å²) in [5.41, 5.74) is 0.646. The van der Waals surface area contributed by atoms with Crippen molar-refractivity contribution in [1.29, 1.82) is 0 Å². The van der Waals surface area contributed by atoms with Gasteiger partial charge in [0, 0.05) is 19.3 Å². The minimum atomic E-state index is -0.363. The van der Waals surface area contributed by atoms with Gasteiger partial charge in [0.2, 0.25) is 5.95 Å². The molecular weight excluding hydrogens is 388 g/mol. The van der Waals surface area contributed by atoms with Crippen LogP contribution in [0.15, 0.2) is 17.2 Å². The Morgan fingerprint density at radius 3 is 2.76 bits per heavy atom. The van der Waals surface area contributed by atoms with Crippen molar-refractivity contribution >= 4 is 34.9 Å². The predicted molar refractivity (Wildman–Crippen MR) is 115 cm³/mol. The van der Waals surface area contributed by atoms with Gasteiger partial charge in [0.1, 0.15) is 0 Å². The minimum Gasteiger partial charge on any atom is -0.341 e. The summed E-state index contributed by atoms with van der Waals surface area (Å²) >= 11 is 0.905. The smallest absolute Gasteiger partial charge is 0.290 e. The lowest BCUT2D eigenvalue weighted by Crippen LogP contribution is -2.40. The zero-order valence-electron chi connectivity index (χ0n) is 16.5. The van der Waals surface area contributed by atoms with E-state index in [0.29, 0.717) is 22.5 Å². The number of aromatic nitrogens is 2. The van der Waals surface area contributed by atoms with Crippen LogP contribution in [0, 0.1) is 11.8 Å². The first-order valence-electron chi connectivity index (χ1n) is 10.4. The summed E-state index contributed by atoms with van der Waals surface area (Å²) in [5.74, 6) is 1.79. The topological polar surface area (TPSA) is 99.2 Å². The fourth-order valence-corrected chi connectivity index (χ4v) is 4.74. The first-order valence-corrected chi connectivity index (χ1v) is 11.2. The number of carbonyl (C=O) groups is 2. The van der Waals surface area contributed by atoms with Crippen molar-refractivity contribution in [3.05, 3.63) is 22.9 Å². The van der Waals surface area contributed by atoms with E-state index in [1.807, 2.05) is 0 Å². The maximum atomic E-state index is 11.7. The van der Waals surface area contributed by atoms with Gasteiger partial charge < -0.3 is 15.5 Å². The molecule has 0 radical (unpaired) electrons. The fraction of sp³-hybridized carbons (Fsp3) is 0.600. The maximum Gasteiger partial charge on any atom is 0.290 e. The molecule has 3 N–H and O–H groups in total. The third-order valence-electron chi connectivity index (χ3n) is 5.75. The third kappa shape index (κ3) is 5.55. The molecule has 4 rings (SSSR count). The Labute approximate surface area is 175 Å². The second-order valence-electron chi connectivity index (χ2n) is 7.93. The number of anilines is 1. The van der Waals surface area contributed by atoms with Gasteiger partial charge in [0.25, 0.3) is 11.1 Å². The number of nitrogens with zero attached hydrogens (tertiary/aromatic N) is 3. The monoisotopic (exact) mass is 416 g/mol. The summed E-state index contributed by atoms with van der Waals surface area (Å²) in [6, 6.07) is 1.75. The second kappa shape index (κ2) is 9.69. The van der Waals surface area contributed by atoms with Gasteiger partial charge in [0.05, 0.1) is 10.6 Å². The zero-order valence-corrected chi connectivity index (χ0v) is 17.3. The number of nitrogens with one attached hydrogen (secondary N) is 3. The van der Waals surface area contributed by atoms with Crippen LogP contribution in [0.1, 0.15) is 31.4 Å². The number of amides is 2. The van der Waals surface area contributed by atoms with Crippen LogP contribution in [0.3, 0.4) is 0 Å². The number of hydrogen-bond donors (Lipinski definition) is 3. The molecule has 1 aromatic heterocycles. The van der Waals surface area contributed by atoms with E-state index in [1.165, 1.54) is 19.4 Å².